The molecule has 0 aliphatic carbocycles. The van der Waals surface area contributed by atoms with E-state index in [0.717, 1.165) is 22.4 Å². The lowest BCUT2D eigenvalue weighted by Crippen LogP contribution is -2.20. The van der Waals surface area contributed by atoms with Gasteiger partial charge in [-0.2, -0.15) is 20.1 Å². The zero-order valence-electron chi connectivity index (χ0n) is 15.7. The summed E-state index contributed by atoms with van der Waals surface area (Å²) >= 11 is 0. The van der Waals surface area contributed by atoms with Gasteiger partial charge in [0.2, 0.25) is 0 Å². The molecule has 0 bridgehead atoms. The van der Waals surface area contributed by atoms with E-state index in [1.165, 1.54) is 16.2 Å². The third kappa shape index (κ3) is 3.37. The van der Waals surface area contributed by atoms with Crippen molar-refractivity contribution in [3.63, 3.8) is 0 Å². The summed E-state index contributed by atoms with van der Waals surface area (Å²) in [5, 5.41) is 34.6. The third-order valence-electron chi connectivity index (χ3n) is 4.79. The van der Waals surface area contributed by atoms with Gasteiger partial charge in [0.15, 0.2) is 5.82 Å². The maximum absolute atomic E-state index is 10.4. The lowest BCUT2D eigenvalue weighted by Gasteiger charge is -2.23. The van der Waals surface area contributed by atoms with Crippen molar-refractivity contribution in [2.75, 3.05) is 0 Å². The van der Waals surface area contributed by atoms with Gasteiger partial charge in [-0.3, -0.25) is 14.9 Å². The summed E-state index contributed by atoms with van der Waals surface area (Å²) < 4.78 is 1.47. The van der Waals surface area contributed by atoms with Crippen LogP contribution in [0, 0.1) is 0 Å². The number of nitrogens with zero attached hydrogens (tertiary/aromatic N) is 8. The normalized spacial score (nSPS) is 16.1. The van der Waals surface area contributed by atoms with Crippen LogP contribution in [-0.2, 0) is 11.4 Å². The van der Waals surface area contributed by atoms with Crippen molar-refractivity contribution in [2.24, 2.45) is 5.10 Å². The molecule has 1 aliphatic heterocycles. The highest BCUT2D eigenvalue weighted by atomic mass is 16.7. The number of pyridine rings is 1. The van der Waals surface area contributed by atoms with Gasteiger partial charge in [-0.15, -0.1) is 5.10 Å². The van der Waals surface area contributed by atoms with Crippen molar-refractivity contribution in [3.8, 4) is 11.6 Å². The highest BCUT2D eigenvalue weighted by Crippen LogP contribution is 2.37. The Labute approximate surface area is 170 Å². The average molecular weight is 403 g/mol. The molecule has 4 aromatic rings. The monoisotopic (exact) mass is 403 g/mol. The van der Waals surface area contributed by atoms with Crippen LogP contribution in [0.25, 0.3) is 5.82 Å². The molecule has 0 amide bonds. The van der Waals surface area contributed by atoms with Crippen molar-refractivity contribution in [1.29, 1.82) is 0 Å². The highest BCUT2D eigenvalue weighted by molar-refractivity contribution is 6.01. The minimum Gasteiger partial charge on any atom is -0.508 e. The smallest absolute Gasteiger partial charge is 0.158 e. The molecule has 0 saturated heterocycles. The number of hydrogen-bond donors (Lipinski definition) is 2. The predicted molar refractivity (Wildman–Crippen MR) is 104 cm³/mol. The fourth-order valence-electron chi connectivity index (χ4n) is 3.32. The lowest BCUT2D eigenvalue weighted by atomic mass is 9.99. The van der Waals surface area contributed by atoms with Crippen molar-refractivity contribution in [1.82, 2.24) is 40.6 Å². The molecular weight excluding hydrogens is 386 g/mol. The van der Waals surface area contributed by atoms with Gasteiger partial charge >= 0.3 is 0 Å². The Kier molecular flexibility index (Phi) is 4.62. The zero-order chi connectivity index (χ0) is 20.3. The molecular formula is C19H17N9O2. The van der Waals surface area contributed by atoms with E-state index >= 15 is 0 Å². The molecule has 5 rings (SSSR count). The van der Waals surface area contributed by atoms with E-state index in [1.807, 2.05) is 24.3 Å². The fourth-order valence-corrected chi connectivity index (χ4v) is 3.32. The number of hydrazone groups is 1. The van der Waals surface area contributed by atoms with Gasteiger partial charge in [-0.1, -0.05) is 24.3 Å². The van der Waals surface area contributed by atoms with Crippen LogP contribution < -0.4 is 0 Å². The molecule has 11 nitrogen and oxygen atoms in total. The Balaban J connectivity index is 1.42. The van der Waals surface area contributed by atoms with Crippen LogP contribution in [0.1, 0.15) is 29.2 Å². The zero-order valence-corrected chi connectivity index (χ0v) is 15.7. The first kappa shape index (κ1) is 17.9. The summed E-state index contributed by atoms with van der Waals surface area (Å²) in [5.41, 5.74) is 3.21. The van der Waals surface area contributed by atoms with E-state index in [0.29, 0.717) is 12.2 Å². The number of aromatic nitrogens is 7. The first-order valence-electron chi connectivity index (χ1n) is 9.23. The number of phenols is 1. The van der Waals surface area contributed by atoms with E-state index in [-0.39, 0.29) is 18.4 Å². The molecule has 1 aliphatic rings. The molecule has 1 aromatic carbocycles. The van der Waals surface area contributed by atoms with E-state index < -0.39 is 0 Å². The number of hydroxylamine groups is 1. The minimum atomic E-state index is -0.287. The molecule has 4 heterocycles. The minimum absolute atomic E-state index is 0.180. The number of H-pyrrole nitrogens is 1. The van der Waals surface area contributed by atoms with Crippen LogP contribution in [0.4, 0.5) is 0 Å². The Bertz CT molecular complexity index is 1160. The lowest BCUT2D eigenvalue weighted by molar-refractivity contribution is -0.190. The number of tetrazole rings is 1. The number of para-hydroxylation sites is 1. The second-order valence-corrected chi connectivity index (χ2v) is 6.64. The number of hydrogen-bond acceptors (Lipinski definition) is 9. The summed E-state index contributed by atoms with van der Waals surface area (Å²) in [7, 11) is 0. The van der Waals surface area contributed by atoms with Crippen LogP contribution in [0.15, 0.2) is 66.4 Å². The van der Waals surface area contributed by atoms with Crippen LogP contribution in [0.3, 0.4) is 0 Å². The van der Waals surface area contributed by atoms with Crippen LogP contribution >= 0.6 is 0 Å². The van der Waals surface area contributed by atoms with Crippen molar-refractivity contribution in [3.05, 3.63) is 78.0 Å². The number of aromatic hydroxyl groups is 1. The number of benzene rings is 1. The van der Waals surface area contributed by atoms with Crippen LogP contribution in [0.5, 0.6) is 5.75 Å². The van der Waals surface area contributed by atoms with Gasteiger partial charge in [0.05, 0.1) is 11.9 Å². The standard InChI is InChI=1S/C19H17N9O2/c29-18-6-2-1-5-15(18)17-8-16(13-4-3-7-20-9-13)24-28(17)30-11-14-10-21-23-19(14)27-12-22-25-26-27/h1-7,9-10,12,17,29H,8,11H2,(H,21,23). The molecule has 0 saturated carbocycles. The Morgan fingerprint density at radius 2 is 2.10 bits per heavy atom. The van der Waals surface area contributed by atoms with E-state index in [4.69, 9.17) is 4.84 Å². The van der Waals surface area contributed by atoms with Crippen LogP contribution in [0.2, 0.25) is 0 Å². The SMILES string of the molecule is Oc1ccccc1C1CC(c2cccnc2)=NN1OCc1cn[nH]c1-n1cnnn1. The Morgan fingerprint density at radius 1 is 1.17 bits per heavy atom. The summed E-state index contributed by atoms with van der Waals surface area (Å²) in [4.78, 5) is 10.2. The highest BCUT2D eigenvalue weighted by Gasteiger charge is 2.32. The Hall–Kier alpha value is -4.12. The van der Waals surface area contributed by atoms with Crippen molar-refractivity contribution >= 4 is 5.71 Å². The Morgan fingerprint density at radius 3 is 2.90 bits per heavy atom. The number of aromatic amines is 1. The van der Waals surface area contributed by atoms with Gasteiger partial charge in [-0.05, 0) is 22.6 Å². The van der Waals surface area contributed by atoms with E-state index in [1.54, 1.807) is 30.7 Å². The second-order valence-electron chi connectivity index (χ2n) is 6.64. The van der Waals surface area contributed by atoms with E-state index in [2.05, 4.69) is 35.8 Å². The van der Waals surface area contributed by atoms with Crippen molar-refractivity contribution < 1.29 is 9.94 Å². The first-order valence-corrected chi connectivity index (χ1v) is 9.23. The van der Waals surface area contributed by atoms with Gasteiger partial charge in [0.1, 0.15) is 24.7 Å². The van der Waals surface area contributed by atoms with Gasteiger partial charge < -0.3 is 5.11 Å². The molecule has 0 fully saturated rings. The summed E-state index contributed by atoms with van der Waals surface area (Å²) in [6, 6.07) is 10.7. The van der Waals surface area contributed by atoms with E-state index in [9.17, 15) is 5.11 Å². The maximum atomic E-state index is 10.4. The quantitative estimate of drug-likeness (QED) is 0.498. The predicted octanol–water partition coefficient (Wildman–Crippen LogP) is 1.77. The van der Waals surface area contributed by atoms with Crippen LogP contribution in [-0.4, -0.2) is 51.4 Å². The average Bonchev–Trinajstić information content (AvgIpc) is 3.53. The molecule has 1 atom stereocenters. The summed E-state index contributed by atoms with van der Waals surface area (Å²) in [6.45, 7) is 0.180. The maximum Gasteiger partial charge on any atom is 0.158 e. The molecule has 0 spiro atoms. The summed E-state index contributed by atoms with van der Waals surface area (Å²) in [6.07, 6.45) is 7.15. The molecule has 150 valence electrons. The van der Waals surface area contributed by atoms with Gasteiger partial charge in [-0.25, -0.2) is 0 Å². The second kappa shape index (κ2) is 7.72. The first-order chi connectivity index (χ1) is 14.8. The molecule has 1 unspecified atom stereocenters. The van der Waals surface area contributed by atoms with Crippen molar-refractivity contribution in [2.45, 2.75) is 19.1 Å². The van der Waals surface area contributed by atoms with Gasteiger partial charge in [0, 0.05) is 35.5 Å². The number of rotatable bonds is 6. The molecule has 2 N–H and O–H groups in total. The molecule has 30 heavy (non-hydrogen) atoms. The third-order valence-corrected chi connectivity index (χ3v) is 4.79. The number of phenolic OH excluding ortho intramolecular Hbond substituents is 1. The largest absolute Gasteiger partial charge is 0.508 e. The van der Waals surface area contributed by atoms with Gasteiger partial charge in [0.25, 0.3) is 0 Å². The topological polar surface area (TPSA) is 130 Å². The molecule has 3 aromatic heterocycles. The molecule has 0 radical (unpaired) electrons. The fraction of sp³-hybridized carbons (Fsp3) is 0.158. The summed E-state index contributed by atoms with van der Waals surface area (Å²) in [5.74, 6) is 0.797. The number of nitrogens with one attached hydrogen (secondary N) is 1. The molecule has 11 heteroatoms.